The molecule has 2 rings (SSSR count). The first kappa shape index (κ1) is 16.9. The number of carbonyl (C=O) groups is 1. The zero-order valence-electron chi connectivity index (χ0n) is 13.8. The molecular weight excluding hydrogens is 290 g/mol. The minimum Gasteiger partial charge on any atom is -0.507 e. The molecule has 4 heteroatoms. The zero-order valence-corrected chi connectivity index (χ0v) is 13.8. The number of hydrogen-bond donors (Lipinski definition) is 2. The van der Waals surface area contributed by atoms with E-state index in [0.29, 0.717) is 13.0 Å². The first-order valence-electron chi connectivity index (χ1n) is 7.71. The van der Waals surface area contributed by atoms with Gasteiger partial charge in [-0.2, -0.15) is 0 Å². The lowest BCUT2D eigenvalue weighted by Crippen LogP contribution is -2.32. The first-order valence-corrected chi connectivity index (χ1v) is 7.71. The average molecular weight is 313 g/mol. The Morgan fingerprint density at radius 1 is 1.22 bits per heavy atom. The Balaban J connectivity index is 1.94. The van der Waals surface area contributed by atoms with Crippen molar-refractivity contribution in [1.82, 2.24) is 5.32 Å². The molecule has 122 valence electrons. The van der Waals surface area contributed by atoms with Crippen molar-refractivity contribution in [2.45, 2.75) is 32.8 Å². The van der Waals surface area contributed by atoms with E-state index < -0.39 is 11.7 Å². The van der Waals surface area contributed by atoms with Crippen LogP contribution in [0.15, 0.2) is 42.5 Å². The number of nitrogens with one attached hydrogen (secondary N) is 1. The highest BCUT2D eigenvalue weighted by atomic mass is 16.6. The van der Waals surface area contributed by atoms with Crippen molar-refractivity contribution >= 4 is 22.9 Å². The number of aromatic hydroxyl groups is 1. The zero-order chi connectivity index (χ0) is 16.9. The van der Waals surface area contributed by atoms with Gasteiger partial charge in [-0.25, -0.2) is 4.79 Å². The van der Waals surface area contributed by atoms with Crippen LogP contribution in [0.5, 0.6) is 5.75 Å². The summed E-state index contributed by atoms with van der Waals surface area (Å²) in [6.07, 6.45) is 4.05. The number of fused-ring (bicyclic) bond motifs is 1. The molecule has 0 saturated heterocycles. The standard InChI is InChI=1S/C19H23NO3/c1-19(2,3)23-18(22)20-13-7-6-10-16-15-9-5-4-8-14(15)11-12-17(16)21/h4-6,8-12,21H,7,13H2,1-3H3,(H,20,22). The smallest absolute Gasteiger partial charge is 0.407 e. The predicted octanol–water partition coefficient (Wildman–Crippen LogP) is 4.47. The van der Waals surface area contributed by atoms with E-state index in [1.165, 1.54) is 0 Å². The lowest BCUT2D eigenvalue weighted by atomic mass is 10.0. The van der Waals surface area contributed by atoms with Crippen LogP contribution in [-0.2, 0) is 4.74 Å². The summed E-state index contributed by atoms with van der Waals surface area (Å²) in [5, 5.41) is 14.8. The highest BCUT2D eigenvalue weighted by molar-refractivity contribution is 5.92. The highest BCUT2D eigenvalue weighted by Gasteiger charge is 2.15. The number of carbonyl (C=O) groups excluding carboxylic acids is 1. The monoisotopic (exact) mass is 313 g/mol. The van der Waals surface area contributed by atoms with Crippen molar-refractivity contribution in [2.24, 2.45) is 0 Å². The van der Waals surface area contributed by atoms with E-state index in [0.717, 1.165) is 16.3 Å². The lowest BCUT2D eigenvalue weighted by Gasteiger charge is -2.19. The van der Waals surface area contributed by atoms with Gasteiger partial charge in [-0.3, -0.25) is 0 Å². The summed E-state index contributed by atoms with van der Waals surface area (Å²) in [5.74, 6) is 0.250. The van der Waals surface area contributed by atoms with E-state index >= 15 is 0 Å². The Hall–Kier alpha value is -2.49. The molecule has 2 aromatic carbocycles. The normalized spacial score (nSPS) is 11.8. The number of rotatable bonds is 4. The molecule has 0 aliphatic heterocycles. The molecule has 0 aliphatic carbocycles. The van der Waals surface area contributed by atoms with Crippen molar-refractivity contribution in [1.29, 1.82) is 0 Å². The summed E-state index contributed by atoms with van der Waals surface area (Å²) < 4.78 is 5.17. The van der Waals surface area contributed by atoms with E-state index in [1.54, 1.807) is 6.07 Å². The molecule has 0 atom stereocenters. The Kier molecular flexibility index (Phi) is 5.27. The second-order valence-corrected chi connectivity index (χ2v) is 6.34. The van der Waals surface area contributed by atoms with Gasteiger partial charge in [-0.1, -0.05) is 42.5 Å². The second-order valence-electron chi connectivity index (χ2n) is 6.34. The van der Waals surface area contributed by atoms with Gasteiger partial charge in [-0.05, 0) is 44.0 Å². The topological polar surface area (TPSA) is 58.6 Å². The molecule has 0 heterocycles. The van der Waals surface area contributed by atoms with Gasteiger partial charge in [-0.15, -0.1) is 0 Å². The summed E-state index contributed by atoms with van der Waals surface area (Å²) in [6, 6.07) is 11.5. The largest absolute Gasteiger partial charge is 0.507 e. The molecular formula is C19H23NO3. The van der Waals surface area contributed by atoms with E-state index in [9.17, 15) is 9.90 Å². The molecule has 0 spiro atoms. The minimum absolute atomic E-state index is 0.250. The predicted molar refractivity (Wildman–Crippen MR) is 93.5 cm³/mol. The van der Waals surface area contributed by atoms with Crippen LogP contribution < -0.4 is 5.32 Å². The number of phenolic OH excluding ortho intramolecular Hbond substituents is 1. The quantitative estimate of drug-likeness (QED) is 0.819. The van der Waals surface area contributed by atoms with E-state index in [2.05, 4.69) is 5.32 Å². The van der Waals surface area contributed by atoms with E-state index in [4.69, 9.17) is 4.74 Å². The minimum atomic E-state index is -0.491. The molecule has 1 amide bonds. The average Bonchev–Trinajstić information content (AvgIpc) is 2.47. The number of phenols is 1. The number of alkyl carbamates (subject to hydrolysis) is 1. The summed E-state index contributed by atoms with van der Waals surface area (Å²) in [7, 11) is 0. The van der Waals surface area contributed by atoms with Crippen molar-refractivity contribution < 1.29 is 14.6 Å². The molecule has 0 bridgehead atoms. The van der Waals surface area contributed by atoms with Crippen molar-refractivity contribution in [3.63, 3.8) is 0 Å². The fourth-order valence-electron chi connectivity index (χ4n) is 2.23. The maximum Gasteiger partial charge on any atom is 0.407 e. The number of amides is 1. The van der Waals surface area contributed by atoms with Crippen molar-refractivity contribution in [3.05, 3.63) is 48.0 Å². The van der Waals surface area contributed by atoms with Crippen LogP contribution >= 0.6 is 0 Å². The Morgan fingerprint density at radius 2 is 1.96 bits per heavy atom. The lowest BCUT2D eigenvalue weighted by molar-refractivity contribution is 0.0529. The Bertz CT molecular complexity index is 714. The van der Waals surface area contributed by atoms with Crippen molar-refractivity contribution in [3.8, 4) is 5.75 Å². The molecule has 2 aromatic rings. The fraction of sp³-hybridized carbons (Fsp3) is 0.316. The Morgan fingerprint density at radius 3 is 2.70 bits per heavy atom. The summed E-state index contributed by atoms with van der Waals surface area (Å²) in [6.45, 7) is 5.97. The third-order valence-corrected chi connectivity index (χ3v) is 3.21. The maximum absolute atomic E-state index is 11.5. The van der Waals surface area contributed by atoms with Crippen LogP contribution in [0.3, 0.4) is 0 Å². The molecule has 23 heavy (non-hydrogen) atoms. The molecule has 0 aromatic heterocycles. The first-order chi connectivity index (χ1) is 10.9. The Labute approximate surface area is 136 Å². The van der Waals surface area contributed by atoms with Gasteiger partial charge in [0, 0.05) is 12.1 Å². The van der Waals surface area contributed by atoms with Crippen molar-refractivity contribution in [2.75, 3.05) is 6.54 Å². The summed E-state index contributed by atoms with van der Waals surface area (Å²) in [5.41, 5.74) is 0.301. The van der Waals surface area contributed by atoms with Gasteiger partial charge in [0.1, 0.15) is 11.4 Å². The molecule has 0 unspecified atom stereocenters. The summed E-state index contributed by atoms with van der Waals surface area (Å²) >= 11 is 0. The molecule has 0 fully saturated rings. The number of benzene rings is 2. The SMILES string of the molecule is CC(C)(C)OC(=O)NCCC=Cc1c(O)ccc2ccccc12. The molecule has 2 N–H and O–H groups in total. The van der Waals surface area contributed by atoms with Crippen LogP contribution in [0.2, 0.25) is 0 Å². The fourth-order valence-corrected chi connectivity index (χ4v) is 2.23. The third-order valence-electron chi connectivity index (χ3n) is 3.21. The molecule has 4 nitrogen and oxygen atoms in total. The van der Waals surface area contributed by atoms with Gasteiger partial charge in [0.2, 0.25) is 0 Å². The molecule has 0 aliphatic rings. The van der Waals surface area contributed by atoms with E-state index in [-0.39, 0.29) is 5.75 Å². The second kappa shape index (κ2) is 7.18. The van der Waals surface area contributed by atoms with Gasteiger partial charge in [0.05, 0.1) is 0 Å². The van der Waals surface area contributed by atoms with Gasteiger partial charge >= 0.3 is 6.09 Å². The van der Waals surface area contributed by atoms with Crippen LogP contribution in [0.25, 0.3) is 16.8 Å². The third kappa shape index (κ3) is 5.02. The van der Waals surface area contributed by atoms with Crippen LogP contribution in [-0.4, -0.2) is 23.3 Å². The van der Waals surface area contributed by atoms with Crippen LogP contribution in [0.4, 0.5) is 4.79 Å². The summed E-state index contributed by atoms with van der Waals surface area (Å²) in [4.78, 5) is 11.5. The van der Waals surface area contributed by atoms with E-state index in [1.807, 2.05) is 63.3 Å². The van der Waals surface area contributed by atoms with Crippen LogP contribution in [0.1, 0.15) is 32.8 Å². The molecule has 0 radical (unpaired) electrons. The number of ether oxygens (including phenoxy) is 1. The van der Waals surface area contributed by atoms with Crippen LogP contribution in [0, 0.1) is 0 Å². The number of hydrogen-bond acceptors (Lipinski definition) is 3. The van der Waals surface area contributed by atoms with Gasteiger partial charge < -0.3 is 15.2 Å². The highest BCUT2D eigenvalue weighted by Crippen LogP contribution is 2.28. The van der Waals surface area contributed by atoms with Gasteiger partial charge in [0.15, 0.2) is 0 Å². The molecule has 0 saturated carbocycles. The maximum atomic E-state index is 11.5. The van der Waals surface area contributed by atoms with Gasteiger partial charge in [0.25, 0.3) is 0 Å².